The van der Waals surface area contributed by atoms with Crippen LogP contribution in [0, 0.1) is 6.92 Å². The number of rotatable bonds is 3. The molecule has 0 spiro atoms. The van der Waals surface area contributed by atoms with E-state index in [0.29, 0.717) is 6.04 Å². The van der Waals surface area contributed by atoms with Crippen molar-refractivity contribution < 1.29 is 4.79 Å². The van der Waals surface area contributed by atoms with Gasteiger partial charge in [-0.05, 0) is 67.8 Å². The summed E-state index contributed by atoms with van der Waals surface area (Å²) in [4.78, 5) is 14.7. The molecular weight excluding hydrogens is 304 g/mol. The van der Waals surface area contributed by atoms with E-state index in [1.165, 1.54) is 0 Å². The Balaban J connectivity index is 2.22. The molecule has 3 nitrogen and oxygen atoms in total. The largest absolute Gasteiger partial charge is 0.336 e. The highest BCUT2D eigenvalue weighted by Crippen LogP contribution is 2.22. The lowest BCUT2D eigenvalue weighted by molar-refractivity contribution is 0.0655. The number of hydrogen-bond acceptors (Lipinski definition) is 2. The molecule has 1 aromatic carbocycles. The molecule has 1 aromatic rings. The van der Waals surface area contributed by atoms with Crippen LogP contribution in [0.4, 0.5) is 0 Å². The summed E-state index contributed by atoms with van der Waals surface area (Å²) >= 11 is 3.49. The molecule has 1 N–H and O–H groups in total. The molecule has 1 fully saturated rings. The van der Waals surface area contributed by atoms with Crippen LogP contribution in [-0.2, 0) is 0 Å². The molecule has 0 atom stereocenters. The number of nitrogens with zero attached hydrogens (tertiary/aromatic N) is 1. The van der Waals surface area contributed by atoms with Crippen LogP contribution < -0.4 is 5.32 Å². The van der Waals surface area contributed by atoms with Gasteiger partial charge in [-0.3, -0.25) is 4.79 Å². The number of carbonyl (C=O) groups excluding carboxylic acids is 1. The second-order valence-corrected chi connectivity index (χ2v) is 5.91. The maximum absolute atomic E-state index is 12.7. The van der Waals surface area contributed by atoms with E-state index in [9.17, 15) is 4.79 Å². The van der Waals surface area contributed by atoms with Crippen molar-refractivity contribution in [1.82, 2.24) is 10.2 Å². The average Bonchev–Trinajstić information content (AvgIpc) is 2.43. The Kier molecular flexibility index (Phi) is 4.99. The van der Waals surface area contributed by atoms with E-state index in [2.05, 4.69) is 28.2 Å². The number of halogens is 1. The van der Waals surface area contributed by atoms with Crippen LogP contribution in [0.25, 0.3) is 0 Å². The van der Waals surface area contributed by atoms with Crippen molar-refractivity contribution in [1.29, 1.82) is 0 Å². The zero-order valence-corrected chi connectivity index (χ0v) is 13.2. The van der Waals surface area contributed by atoms with E-state index in [1.807, 2.05) is 30.0 Å². The van der Waals surface area contributed by atoms with Gasteiger partial charge in [-0.1, -0.05) is 11.6 Å². The quantitative estimate of drug-likeness (QED) is 0.927. The van der Waals surface area contributed by atoms with Crippen molar-refractivity contribution in [2.24, 2.45) is 0 Å². The smallest absolute Gasteiger partial charge is 0.255 e. The Bertz CT molecular complexity index is 455. The number of hydrogen-bond donors (Lipinski definition) is 1. The third-order valence-corrected chi connectivity index (χ3v) is 4.39. The van der Waals surface area contributed by atoms with Crippen LogP contribution in [0.3, 0.4) is 0 Å². The molecule has 104 valence electrons. The Morgan fingerprint density at radius 2 is 2.11 bits per heavy atom. The van der Waals surface area contributed by atoms with Gasteiger partial charge in [0.05, 0.1) is 5.56 Å². The fourth-order valence-electron chi connectivity index (χ4n) is 2.64. The molecule has 0 aliphatic carbocycles. The van der Waals surface area contributed by atoms with Gasteiger partial charge >= 0.3 is 0 Å². The molecule has 0 saturated carbocycles. The Hall–Kier alpha value is -0.870. The highest BCUT2D eigenvalue weighted by Gasteiger charge is 2.25. The summed E-state index contributed by atoms with van der Waals surface area (Å²) in [6.07, 6.45) is 2.09. The van der Waals surface area contributed by atoms with Crippen LogP contribution in [0.15, 0.2) is 22.7 Å². The van der Waals surface area contributed by atoms with Gasteiger partial charge in [-0.2, -0.15) is 0 Å². The van der Waals surface area contributed by atoms with E-state index >= 15 is 0 Å². The Morgan fingerprint density at radius 1 is 1.42 bits per heavy atom. The highest BCUT2D eigenvalue weighted by molar-refractivity contribution is 9.10. The van der Waals surface area contributed by atoms with Crippen molar-refractivity contribution >= 4 is 21.8 Å². The normalized spacial score (nSPS) is 16.4. The van der Waals surface area contributed by atoms with Gasteiger partial charge in [0, 0.05) is 17.1 Å². The van der Waals surface area contributed by atoms with Crippen LogP contribution in [0.2, 0.25) is 0 Å². The van der Waals surface area contributed by atoms with Crippen LogP contribution >= 0.6 is 15.9 Å². The van der Waals surface area contributed by atoms with Gasteiger partial charge in [0.1, 0.15) is 0 Å². The van der Waals surface area contributed by atoms with Gasteiger partial charge in [0.2, 0.25) is 0 Å². The molecule has 0 bridgehead atoms. The number of carbonyl (C=O) groups is 1. The second kappa shape index (κ2) is 6.53. The first kappa shape index (κ1) is 14.5. The topological polar surface area (TPSA) is 32.3 Å². The van der Waals surface area contributed by atoms with Crippen LogP contribution in [0.1, 0.15) is 35.7 Å². The van der Waals surface area contributed by atoms with E-state index in [0.717, 1.165) is 48.1 Å². The molecule has 0 aromatic heterocycles. The Labute approximate surface area is 123 Å². The molecule has 1 aliphatic heterocycles. The summed E-state index contributed by atoms with van der Waals surface area (Å²) in [6, 6.07) is 6.31. The summed E-state index contributed by atoms with van der Waals surface area (Å²) in [7, 11) is 0. The van der Waals surface area contributed by atoms with Gasteiger partial charge in [0.25, 0.3) is 5.91 Å². The summed E-state index contributed by atoms with van der Waals surface area (Å²) < 4.78 is 0.885. The maximum atomic E-state index is 12.7. The molecule has 2 rings (SSSR count). The van der Waals surface area contributed by atoms with Crippen molar-refractivity contribution in [2.45, 2.75) is 32.7 Å². The maximum Gasteiger partial charge on any atom is 0.255 e. The van der Waals surface area contributed by atoms with Gasteiger partial charge in [-0.15, -0.1) is 0 Å². The number of benzene rings is 1. The lowest BCUT2D eigenvalue weighted by Crippen LogP contribution is -2.46. The standard InChI is InChI=1S/C15H21BrN2O/c1-3-18(12-6-8-17-9-7-12)15(19)13-10-11(2)4-5-14(13)16/h4-5,10,12,17H,3,6-9H2,1-2H3. The molecule has 19 heavy (non-hydrogen) atoms. The number of nitrogens with one attached hydrogen (secondary N) is 1. The first-order valence-electron chi connectivity index (χ1n) is 6.91. The number of aryl methyl sites for hydroxylation is 1. The SMILES string of the molecule is CCN(C(=O)c1cc(C)ccc1Br)C1CCNCC1. The third-order valence-electron chi connectivity index (χ3n) is 3.70. The molecule has 1 saturated heterocycles. The molecular formula is C15H21BrN2O. The Morgan fingerprint density at radius 3 is 2.74 bits per heavy atom. The minimum atomic E-state index is 0.143. The predicted octanol–water partition coefficient (Wildman–Crippen LogP) is 2.97. The lowest BCUT2D eigenvalue weighted by atomic mass is 10.0. The summed E-state index contributed by atoms with van der Waals surface area (Å²) in [5, 5.41) is 3.35. The molecule has 4 heteroatoms. The molecule has 0 radical (unpaired) electrons. The fourth-order valence-corrected chi connectivity index (χ4v) is 3.06. The minimum Gasteiger partial charge on any atom is -0.336 e. The monoisotopic (exact) mass is 324 g/mol. The third kappa shape index (κ3) is 3.37. The van der Waals surface area contributed by atoms with E-state index in [1.54, 1.807) is 0 Å². The van der Waals surface area contributed by atoms with Gasteiger partial charge < -0.3 is 10.2 Å². The summed E-state index contributed by atoms with van der Waals surface area (Å²) in [5.74, 6) is 0.143. The molecule has 1 amide bonds. The fraction of sp³-hybridized carbons (Fsp3) is 0.533. The van der Waals surface area contributed by atoms with Gasteiger partial charge in [0.15, 0.2) is 0 Å². The zero-order chi connectivity index (χ0) is 13.8. The van der Waals surface area contributed by atoms with Crippen molar-refractivity contribution in [3.63, 3.8) is 0 Å². The number of piperidine rings is 1. The van der Waals surface area contributed by atoms with Crippen molar-refractivity contribution in [3.05, 3.63) is 33.8 Å². The van der Waals surface area contributed by atoms with Crippen LogP contribution in [-0.4, -0.2) is 36.5 Å². The minimum absolute atomic E-state index is 0.143. The van der Waals surface area contributed by atoms with E-state index < -0.39 is 0 Å². The van der Waals surface area contributed by atoms with Crippen molar-refractivity contribution in [2.75, 3.05) is 19.6 Å². The average molecular weight is 325 g/mol. The second-order valence-electron chi connectivity index (χ2n) is 5.06. The summed E-state index contributed by atoms with van der Waals surface area (Å²) in [5.41, 5.74) is 1.90. The van der Waals surface area contributed by atoms with Crippen LogP contribution in [0.5, 0.6) is 0 Å². The summed E-state index contributed by atoms with van der Waals surface area (Å²) in [6.45, 7) is 6.85. The first-order chi connectivity index (χ1) is 9.13. The molecule has 1 heterocycles. The molecule has 0 unspecified atom stereocenters. The molecule has 1 aliphatic rings. The number of amides is 1. The van der Waals surface area contributed by atoms with Gasteiger partial charge in [-0.25, -0.2) is 0 Å². The highest BCUT2D eigenvalue weighted by atomic mass is 79.9. The predicted molar refractivity (Wildman–Crippen MR) is 81.5 cm³/mol. The zero-order valence-electron chi connectivity index (χ0n) is 11.6. The lowest BCUT2D eigenvalue weighted by Gasteiger charge is -2.34. The van der Waals surface area contributed by atoms with Crippen molar-refractivity contribution in [3.8, 4) is 0 Å². The first-order valence-corrected chi connectivity index (χ1v) is 7.70. The van der Waals surface area contributed by atoms with E-state index in [4.69, 9.17) is 0 Å². The van der Waals surface area contributed by atoms with E-state index in [-0.39, 0.29) is 5.91 Å².